The number of rotatable bonds is 9. The number of alkyl halides is 3. The second kappa shape index (κ2) is 11.3. The predicted octanol–water partition coefficient (Wildman–Crippen LogP) is 4.57. The van der Waals surface area contributed by atoms with Crippen molar-refractivity contribution in [3.05, 3.63) is 70.2 Å². The van der Waals surface area contributed by atoms with E-state index in [4.69, 9.17) is 11.6 Å². The van der Waals surface area contributed by atoms with Gasteiger partial charge < -0.3 is 10.6 Å². The fraction of sp³-hybridized carbons (Fsp3) is 0.333. The minimum Gasteiger partial charge on any atom is -0.354 e. The fourth-order valence-corrected chi connectivity index (χ4v) is 3.39. The average molecular weight is 459 g/mol. The third kappa shape index (κ3) is 7.25. The Labute approximate surface area is 182 Å². The Hall–Kier alpha value is -2.19. The summed E-state index contributed by atoms with van der Waals surface area (Å²) >= 11 is 7.59. The van der Waals surface area contributed by atoms with Crippen molar-refractivity contribution in [1.29, 1.82) is 0 Å². The van der Waals surface area contributed by atoms with Crippen LogP contribution in [0.3, 0.4) is 0 Å². The smallest absolute Gasteiger partial charge is 0.354 e. The molecular formula is C21H22ClF3N2O2S. The van der Waals surface area contributed by atoms with E-state index < -0.39 is 23.7 Å². The normalized spacial score (nSPS) is 12.3. The zero-order chi connectivity index (χ0) is 22.1. The summed E-state index contributed by atoms with van der Waals surface area (Å²) in [6, 6.07) is 10.6. The molecule has 2 N–H and O–H groups in total. The molecule has 0 spiro atoms. The monoisotopic (exact) mass is 458 g/mol. The van der Waals surface area contributed by atoms with Gasteiger partial charge in [0.1, 0.15) is 6.04 Å². The second-order valence-corrected chi connectivity index (χ2v) is 7.92. The lowest BCUT2D eigenvalue weighted by molar-refractivity contribution is -0.137. The lowest BCUT2D eigenvalue weighted by atomic mass is 10.1. The second-order valence-electron chi connectivity index (χ2n) is 6.52. The number of nitrogens with one attached hydrogen (secondary N) is 2. The molecule has 2 amide bonds. The number of thioether (sulfide) groups is 1. The van der Waals surface area contributed by atoms with Crippen molar-refractivity contribution in [3.8, 4) is 0 Å². The third-order valence-corrected chi connectivity index (χ3v) is 5.32. The van der Waals surface area contributed by atoms with Crippen LogP contribution in [0.5, 0.6) is 0 Å². The topological polar surface area (TPSA) is 58.2 Å². The van der Waals surface area contributed by atoms with Crippen LogP contribution in [0.2, 0.25) is 5.02 Å². The molecule has 0 saturated carbocycles. The number of hydrogen-bond donors (Lipinski definition) is 2. The number of halogens is 4. The maximum atomic E-state index is 12.6. The average Bonchev–Trinajstić information content (AvgIpc) is 2.71. The molecule has 1 unspecified atom stereocenters. The SMILES string of the molecule is CSCCC(NC(=O)c1ccccc1Cl)C(=O)NCCc1ccc(C(F)(F)F)cc1. The van der Waals surface area contributed by atoms with Crippen LogP contribution in [0.15, 0.2) is 48.5 Å². The molecule has 0 radical (unpaired) electrons. The Morgan fingerprint density at radius 1 is 1.10 bits per heavy atom. The molecule has 2 aromatic carbocycles. The van der Waals surface area contributed by atoms with E-state index in [9.17, 15) is 22.8 Å². The molecule has 0 aliphatic heterocycles. The molecule has 30 heavy (non-hydrogen) atoms. The van der Waals surface area contributed by atoms with Gasteiger partial charge in [0.15, 0.2) is 0 Å². The van der Waals surface area contributed by atoms with Crippen LogP contribution in [0.25, 0.3) is 0 Å². The van der Waals surface area contributed by atoms with E-state index in [1.54, 1.807) is 36.0 Å². The first kappa shape index (κ1) is 24.1. The van der Waals surface area contributed by atoms with Crippen molar-refractivity contribution in [3.63, 3.8) is 0 Å². The van der Waals surface area contributed by atoms with Gasteiger partial charge in [-0.1, -0.05) is 35.9 Å². The number of amides is 2. The molecule has 1 atom stereocenters. The Kier molecular flexibility index (Phi) is 9.05. The van der Waals surface area contributed by atoms with Gasteiger partial charge in [-0.05, 0) is 54.7 Å². The van der Waals surface area contributed by atoms with E-state index in [2.05, 4.69) is 10.6 Å². The van der Waals surface area contributed by atoms with Crippen LogP contribution in [0.4, 0.5) is 13.2 Å². The molecular weight excluding hydrogens is 437 g/mol. The molecule has 4 nitrogen and oxygen atoms in total. The first-order valence-electron chi connectivity index (χ1n) is 9.20. The quantitative estimate of drug-likeness (QED) is 0.578. The van der Waals surface area contributed by atoms with Crippen LogP contribution in [0.1, 0.15) is 27.9 Å². The van der Waals surface area contributed by atoms with E-state index in [0.717, 1.165) is 12.1 Å². The zero-order valence-corrected chi connectivity index (χ0v) is 17.8. The van der Waals surface area contributed by atoms with E-state index >= 15 is 0 Å². The molecule has 0 bridgehead atoms. The van der Waals surface area contributed by atoms with Gasteiger partial charge >= 0.3 is 6.18 Å². The largest absolute Gasteiger partial charge is 0.416 e. The number of hydrogen-bond acceptors (Lipinski definition) is 3. The highest BCUT2D eigenvalue weighted by molar-refractivity contribution is 7.98. The molecule has 0 fully saturated rings. The summed E-state index contributed by atoms with van der Waals surface area (Å²) in [6.07, 6.45) is -1.67. The minimum absolute atomic E-state index is 0.238. The first-order chi connectivity index (χ1) is 14.2. The number of benzene rings is 2. The Balaban J connectivity index is 1.93. The van der Waals surface area contributed by atoms with Gasteiger partial charge in [-0.25, -0.2) is 0 Å². The third-order valence-electron chi connectivity index (χ3n) is 4.35. The van der Waals surface area contributed by atoms with Gasteiger partial charge in [0.2, 0.25) is 5.91 Å². The molecule has 2 aromatic rings. The molecule has 0 heterocycles. The molecule has 162 valence electrons. The van der Waals surface area contributed by atoms with Gasteiger partial charge in [0, 0.05) is 6.54 Å². The summed E-state index contributed by atoms with van der Waals surface area (Å²) in [6.45, 7) is 0.238. The Morgan fingerprint density at radius 3 is 2.37 bits per heavy atom. The van der Waals surface area contributed by atoms with Crippen LogP contribution < -0.4 is 10.6 Å². The van der Waals surface area contributed by atoms with Crippen LogP contribution in [-0.4, -0.2) is 36.4 Å². The van der Waals surface area contributed by atoms with Gasteiger partial charge in [0.05, 0.1) is 16.1 Å². The number of carbonyl (C=O) groups excluding carboxylic acids is 2. The molecule has 0 aromatic heterocycles. The van der Waals surface area contributed by atoms with Gasteiger partial charge in [0.25, 0.3) is 5.91 Å². The Morgan fingerprint density at radius 2 is 1.77 bits per heavy atom. The van der Waals surface area contributed by atoms with E-state index in [1.165, 1.54) is 12.1 Å². The van der Waals surface area contributed by atoms with Crippen molar-refractivity contribution in [2.45, 2.75) is 25.1 Å². The van der Waals surface area contributed by atoms with Crippen LogP contribution in [-0.2, 0) is 17.4 Å². The maximum Gasteiger partial charge on any atom is 0.416 e. The van der Waals surface area contributed by atoms with Crippen molar-refractivity contribution in [2.75, 3.05) is 18.6 Å². The van der Waals surface area contributed by atoms with E-state index in [-0.39, 0.29) is 18.0 Å². The lowest BCUT2D eigenvalue weighted by Gasteiger charge is -2.18. The number of carbonyl (C=O) groups is 2. The summed E-state index contributed by atoms with van der Waals surface area (Å²) in [4.78, 5) is 25.0. The highest BCUT2D eigenvalue weighted by Gasteiger charge is 2.29. The summed E-state index contributed by atoms with van der Waals surface area (Å²) in [5.74, 6) is -0.124. The fourth-order valence-electron chi connectivity index (χ4n) is 2.70. The van der Waals surface area contributed by atoms with Crippen molar-refractivity contribution >= 4 is 35.2 Å². The maximum absolute atomic E-state index is 12.6. The molecule has 0 saturated heterocycles. The Bertz CT molecular complexity index is 860. The van der Waals surface area contributed by atoms with Crippen molar-refractivity contribution < 1.29 is 22.8 Å². The molecule has 0 aliphatic rings. The first-order valence-corrected chi connectivity index (χ1v) is 11.0. The summed E-state index contributed by atoms with van der Waals surface area (Å²) < 4.78 is 37.9. The van der Waals surface area contributed by atoms with E-state index in [0.29, 0.717) is 29.2 Å². The standard InChI is InChI=1S/C21H22ClF3N2O2S/c1-30-13-11-18(27-19(28)16-4-2-3-5-17(16)22)20(29)26-12-10-14-6-8-15(9-7-14)21(23,24)25/h2-9,18H,10-13H2,1H3,(H,26,29)(H,27,28). The molecule has 0 aliphatic carbocycles. The van der Waals surface area contributed by atoms with Gasteiger partial charge in [-0.15, -0.1) is 0 Å². The molecule has 9 heteroatoms. The summed E-state index contributed by atoms with van der Waals surface area (Å²) in [7, 11) is 0. The highest BCUT2D eigenvalue weighted by Crippen LogP contribution is 2.29. The van der Waals surface area contributed by atoms with Crippen LogP contribution in [0, 0.1) is 0 Å². The minimum atomic E-state index is -4.38. The van der Waals surface area contributed by atoms with Crippen molar-refractivity contribution in [2.24, 2.45) is 0 Å². The summed E-state index contributed by atoms with van der Waals surface area (Å²) in [5.41, 5.74) is 0.240. The van der Waals surface area contributed by atoms with E-state index in [1.807, 2.05) is 6.26 Å². The predicted molar refractivity (Wildman–Crippen MR) is 114 cm³/mol. The lowest BCUT2D eigenvalue weighted by Crippen LogP contribution is -2.47. The summed E-state index contributed by atoms with van der Waals surface area (Å²) in [5, 5.41) is 5.74. The van der Waals surface area contributed by atoms with Gasteiger partial charge in [-0.2, -0.15) is 24.9 Å². The molecule has 2 rings (SSSR count). The van der Waals surface area contributed by atoms with Gasteiger partial charge in [-0.3, -0.25) is 9.59 Å². The van der Waals surface area contributed by atoms with Crippen LogP contribution >= 0.6 is 23.4 Å². The van der Waals surface area contributed by atoms with Crippen molar-refractivity contribution in [1.82, 2.24) is 10.6 Å². The highest BCUT2D eigenvalue weighted by atomic mass is 35.5. The zero-order valence-electron chi connectivity index (χ0n) is 16.3.